The van der Waals surface area contributed by atoms with E-state index in [1.54, 1.807) is 24.1 Å². The smallest absolute Gasteiger partial charge is 0.262 e. The van der Waals surface area contributed by atoms with Crippen LogP contribution in [0.15, 0.2) is 30.1 Å². The van der Waals surface area contributed by atoms with Crippen LogP contribution >= 0.6 is 0 Å². The minimum Gasteiger partial charge on any atom is -0.379 e. The highest BCUT2D eigenvalue weighted by molar-refractivity contribution is 7.89. The zero-order valence-electron chi connectivity index (χ0n) is 15.0. The van der Waals surface area contributed by atoms with E-state index in [0.29, 0.717) is 25.6 Å². The molecule has 1 saturated carbocycles. The lowest BCUT2D eigenvalue weighted by Gasteiger charge is -2.33. The topological polar surface area (TPSA) is 82.3 Å². The second-order valence-corrected chi connectivity index (χ2v) is 9.19. The first-order valence-electron chi connectivity index (χ1n) is 9.10. The minimum absolute atomic E-state index is 0.0684. The number of aryl methyl sites for hydroxylation is 1. The summed E-state index contributed by atoms with van der Waals surface area (Å²) in [5.74, 6) is 0.647. The van der Waals surface area contributed by atoms with Crippen molar-refractivity contribution < 1.29 is 13.2 Å². The molecule has 2 aliphatic rings. The predicted octanol–water partition coefficient (Wildman–Crippen LogP) is 1.57. The van der Waals surface area contributed by atoms with Gasteiger partial charge in [0.15, 0.2) is 5.03 Å². The summed E-state index contributed by atoms with van der Waals surface area (Å²) in [7, 11) is -1.87. The Morgan fingerprint density at radius 2 is 2.04 bits per heavy atom. The molecule has 2 aromatic heterocycles. The average molecular weight is 379 g/mol. The van der Waals surface area contributed by atoms with Crippen molar-refractivity contribution in [2.24, 2.45) is 13.0 Å². The summed E-state index contributed by atoms with van der Waals surface area (Å²) in [6.45, 7) is 1.92. The van der Waals surface area contributed by atoms with Crippen molar-refractivity contribution in [3.05, 3.63) is 30.7 Å². The largest absolute Gasteiger partial charge is 0.379 e. The van der Waals surface area contributed by atoms with Crippen molar-refractivity contribution in [2.45, 2.75) is 43.3 Å². The number of sulfonamides is 1. The molecule has 0 N–H and O–H groups in total. The molecule has 8 nitrogen and oxygen atoms in total. The monoisotopic (exact) mass is 379 g/mol. The molecule has 1 aliphatic heterocycles. The minimum atomic E-state index is -3.63. The van der Waals surface area contributed by atoms with Gasteiger partial charge in [-0.25, -0.2) is 18.4 Å². The zero-order chi connectivity index (χ0) is 18.1. The first-order chi connectivity index (χ1) is 12.5. The number of aromatic nitrogens is 4. The Bertz CT molecular complexity index is 853. The van der Waals surface area contributed by atoms with Crippen molar-refractivity contribution in [1.29, 1.82) is 0 Å². The third kappa shape index (κ3) is 3.43. The van der Waals surface area contributed by atoms with Crippen LogP contribution in [0.25, 0.3) is 0 Å². The van der Waals surface area contributed by atoms with Gasteiger partial charge >= 0.3 is 0 Å². The Balaban J connectivity index is 1.48. The van der Waals surface area contributed by atoms with Gasteiger partial charge in [-0.2, -0.15) is 4.31 Å². The normalized spacial score (nSPS) is 22.0. The van der Waals surface area contributed by atoms with Crippen molar-refractivity contribution >= 4 is 10.0 Å². The Kier molecular flexibility index (Phi) is 4.85. The lowest BCUT2D eigenvalue weighted by atomic mass is 10.1. The zero-order valence-corrected chi connectivity index (χ0v) is 15.8. The van der Waals surface area contributed by atoms with Crippen LogP contribution in [0.2, 0.25) is 0 Å². The van der Waals surface area contributed by atoms with Crippen LogP contribution in [0.3, 0.4) is 0 Å². The van der Waals surface area contributed by atoms with E-state index in [1.165, 1.54) is 42.5 Å². The number of hydrogen-bond donors (Lipinski definition) is 0. The summed E-state index contributed by atoms with van der Waals surface area (Å²) in [6.07, 6.45) is 11.6. The quantitative estimate of drug-likeness (QED) is 0.761. The number of nitrogens with zero attached hydrogens (tertiary/aromatic N) is 5. The third-order valence-corrected chi connectivity index (χ3v) is 7.01. The van der Waals surface area contributed by atoms with Crippen LogP contribution in [0.4, 0.5) is 0 Å². The maximum Gasteiger partial charge on any atom is 0.262 e. The first kappa shape index (κ1) is 17.7. The Labute approximate surface area is 153 Å². The van der Waals surface area contributed by atoms with Crippen LogP contribution in [0.1, 0.15) is 37.4 Å². The van der Waals surface area contributed by atoms with Gasteiger partial charge in [0.1, 0.15) is 0 Å². The van der Waals surface area contributed by atoms with E-state index in [-0.39, 0.29) is 11.1 Å². The Morgan fingerprint density at radius 3 is 2.77 bits per heavy atom. The molecule has 3 heterocycles. The molecule has 1 atom stereocenters. The molecule has 9 heteroatoms. The maximum absolute atomic E-state index is 12.9. The Morgan fingerprint density at radius 1 is 1.23 bits per heavy atom. The fourth-order valence-corrected chi connectivity index (χ4v) is 5.28. The van der Waals surface area contributed by atoms with E-state index in [1.807, 2.05) is 4.57 Å². The van der Waals surface area contributed by atoms with Crippen LogP contribution < -0.4 is 0 Å². The van der Waals surface area contributed by atoms with Gasteiger partial charge in [0.2, 0.25) is 0 Å². The van der Waals surface area contributed by atoms with Crippen LogP contribution in [-0.2, 0) is 28.4 Å². The predicted molar refractivity (Wildman–Crippen MR) is 94.8 cm³/mol. The molecule has 0 radical (unpaired) electrons. The lowest BCUT2D eigenvalue weighted by Crippen LogP contribution is -2.42. The first-order valence-corrected chi connectivity index (χ1v) is 10.5. The van der Waals surface area contributed by atoms with E-state index in [4.69, 9.17) is 4.74 Å². The second kappa shape index (κ2) is 7.13. The van der Waals surface area contributed by atoms with Gasteiger partial charge in [0.25, 0.3) is 10.0 Å². The molecule has 4 rings (SSSR count). The van der Waals surface area contributed by atoms with Gasteiger partial charge in [-0.3, -0.25) is 0 Å². The molecule has 1 fully saturated rings. The van der Waals surface area contributed by atoms with Crippen LogP contribution in [-0.4, -0.2) is 51.6 Å². The Hall–Kier alpha value is -1.71. The molecule has 0 amide bonds. The molecular weight excluding hydrogens is 354 g/mol. The second-order valence-electron chi connectivity index (χ2n) is 7.31. The fourth-order valence-electron chi connectivity index (χ4n) is 3.87. The summed E-state index contributed by atoms with van der Waals surface area (Å²) in [5, 5.41) is 0.0820. The van der Waals surface area contributed by atoms with E-state index in [2.05, 4.69) is 9.97 Å². The van der Waals surface area contributed by atoms with Crippen LogP contribution in [0, 0.1) is 5.92 Å². The molecule has 0 spiro atoms. The standard InChI is InChI=1S/C17H25N5O3S/c1-20-9-17(19-13-20)26(23,24)21-7-15-6-18-12-22(15)16(8-21)11-25-10-14-4-2-3-5-14/h6,9,12-14,16H,2-5,7-8,10-11H2,1H3/t16-/m0/s1. The molecule has 142 valence electrons. The highest BCUT2D eigenvalue weighted by Crippen LogP contribution is 2.28. The van der Waals surface area contributed by atoms with E-state index in [9.17, 15) is 8.42 Å². The number of hydrogen-bond acceptors (Lipinski definition) is 5. The molecular formula is C17H25N5O3S. The summed E-state index contributed by atoms with van der Waals surface area (Å²) in [5.41, 5.74) is 0.880. The lowest BCUT2D eigenvalue weighted by molar-refractivity contribution is 0.0633. The molecule has 0 unspecified atom stereocenters. The van der Waals surface area contributed by atoms with Gasteiger partial charge in [0, 0.05) is 32.6 Å². The summed E-state index contributed by atoms with van der Waals surface area (Å²) in [4.78, 5) is 8.22. The third-order valence-electron chi connectivity index (χ3n) is 5.32. The van der Waals surface area contributed by atoms with Gasteiger partial charge in [0.05, 0.1) is 37.5 Å². The van der Waals surface area contributed by atoms with Crippen LogP contribution in [0.5, 0.6) is 0 Å². The van der Waals surface area contributed by atoms with Gasteiger partial charge in [-0.1, -0.05) is 12.8 Å². The summed E-state index contributed by atoms with van der Waals surface area (Å²) < 4.78 is 37.0. The van der Waals surface area contributed by atoms with Crippen molar-refractivity contribution in [3.8, 4) is 0 Å². The van der Waals surface area contributed by atoms with Crippen molar-refractivity contribution in [3.63, 3.8) is 0 Å². The van der Waals surface area contributed by atoms with Crippen molar-refractivity contribution in [1.82, 2.24) is 23.4 Å². The molecule has 1 aliphatic carbocycles. The molecule has 2 aromatic rings. The maximum atomic E-state index is 12.9. The SMILES string of the molecule is Cn1cnc(S(=O)(=O)N2Cc3cncn3[C@H](COCC3CCCC3)C2)c1. The summed E-state index contributed by atoms with van der Waals surface area (Å²) in [6, 6.07) is -0.0684. The number of imidazole rings is 2. The van der Waals surface area contributed by atoms with E-state index >= 15 is 0 Å². The van der Waals surface area contributed by atoms with Crippen molar-refractivity contribution in [2.75, 3.05) is 19.8 Å². The molecule has 0 aromatic carbocycles. The fraction of sp³-hybridized carbons (Fsp3) is 0.647. The highest BCUT2D eigenvalue weighted by atomic mass is 32.2. The van der Waals surface area contributed by atoms with Gasteiger partial charge in [-0.15, -0.1) is 0 Å². The number of rotatable bonds is 6. The van der Waals surface area contributed by atoms with Gasteiger partial charge < -0.3 is 13.9 Å². The van der Waals surface area contributed by atoms with E-state index < -0.39 is 10.0 Å². The molecule has 26 heavy (non-hydrogen) atoms. The highest BCUT2D eigenvalue weighted by Gasteiger charge is 2.34. The average Bonchev–Trinajstić information content (AvgIpc) is 3.35. The molecule has 0 saturated heterocycles. The number of fused-ring (bicyclic) bond motifs is 1. The summed E-state index contributed by atoms with van der Waals surface area (Å²) >= 11 is 0. The number of ether oxygens (including phenoxy) is 1. The van der Waals surface area contributed by atoms with Gasteiger partial charge in [-0.05, 0) is 18.8 Å². The van der Waals surface area contributed by atoms with E-state index in [0.717, 1.165) is 12.3 Å². The molecule has 0 bridgehead atoms.